The summed E-state index contributed by atoms with van der Waals surface area (Å²) in [4.78, 5) is 21.7. The average Bonchev–Trinajstić information content (AvgIpc) is 3.42. The number of alkyl halides is 6. The number of likely N-dealkylation sites (N-methyl/N-ethyl adjacent to an activating group) is 1. The van der Waals surface area contributed by atoms with Crippen LogP contribution in [0.4, 0.5) is 36.7 Å². The van der Waals surface area contributed by atoms with E-state index in [9.17, 15) is 35.5 Å². The van der Waals surface area contributed by atoms with Gasteiger partial charge in [0.25, 0.3) is 5.91 Å². The number of likely N-dealkylation sites (tertiary alicyclic amines) is 1. The minimum absolute atomic E-state index is 0.00738. The lowest BCUT2D eigenvalue weighted by molar-refractivity contribution is -0.325. The van der Waals surface area contributed by atoms with Gasteiger partial charge in [0, 0.05) is 45.2 Å². The fourth-order valence-corrected chi connectivity index (χ4v) is 6.22. The second-order valence-corrected chi connectivity index (χ2v) is 12.3. The molecule has 1 aromatic heterocycles. The number of ether oxygens (including phenoxy) is 3. The lowest BCUT2D eigenvalue weighted by Gasteiger charge is -2.34. The molecular weight excluding hydrogens is 687 g/mol. The summed E-state index contributed by atoms with van der Waals surface area (Å²) in [6.07, 6.45) is -7.75. The lowest BCUT2D eigenvalue weighted by Crippen LogP contribution is -2.41. The number of methoxy groups -OCH3 is 1. The smallest absolute Gasteiger partial charge is 0.497 e. The highest BCUT2D eigenvalue weighted by atomic mass is 19.4. The van der Waals surface area contributed by atoms with E-state index in [0.717, 1.165) is 24.5 Å². The Morgan fingerprint density at radius 3 is 2.35 bits per heavy atom. The molecule has 1 amide bonds. The molecular formula is C35H38F7N5O4. The fourth-order valence-electron chi connectivity index (χ4n) is 6.22. The van der Waals surface area contributed by atoms with E-state index < -0.39 is 36.8 Å². The Morgan fingerprint density at radius 2 is 1.69 bits per heavy atom. The van der Waals surface area contributed by atoms with Gasteiger partial charge in [-0.15, -0.1) is 26.3 Å². The van der Waals surface area contributed by atoms with Crippen molar-refractivity contribution >= 4 is 22.9 Å². The number of piperidine rings is 1. The molecule has 9 nitrogen and oxygen atoms in total. The van der Waals surface area contributed by atoms with Gasteiger partial charge in [0.1, 0.15) is 17.3 Å². The molecule has 276 valence electrons. The summed E-state index contributed by atoms with van der Waals surface area (Å²) in [5.41, 5.74) is 1.78. The molecule has 1 fully saturated rings. The van der Waals surface area contributed by atoms with Gasteiger partial charge in [-0.25, -0.2) is 9.37 Å². The van der Waals surface area contributed by atoms with Gasteiger partial charge in [0.2, 0.25) is 5.95 Å². The summed E-state index contributed by atoms with van der Waals surface area (Å²) in [7, 11) is 2.81. The van der Waals surface area contributed by atoms with Crippen molar-refractivity contribution in [3.05, 3.63) is 83.7 Å². The number of halogens is 7. The first-order valence-electron chi connectivity index (χ1n) is 16.3. The van der Waals surface area contributed by atoms with E-state index in [1.807, 2.05) is 0 Å². The Kier molecular flexibility index (Phi) is 12.0. The highest BCUT2D eigenvalue weighted by molar-refractivity contribution is 5.97. The van der Waals surface area contributed by atoms with Crippen molar-refractivity contribution in [1.29, 1.82) is 0 Å². The number of carbonyl (C=O) groups excluding carboxylic acids is 1. The van der Waals surface area contributed by atoms with E-state index in [1.54, 1.807) is 41.0 Å². The van der Waals surface area contributed by atoms with E-state index in [4.69, 9.17) is 4.74 Å². The highest BCUT2D eigenvalue weighted by Gasteiger charge is 2.34. The summed E-state index contributed by atoms with van der Waals surface area (Å²) in [5.74, 6) is -1.43. The van der Waals surface area contributed by atoms with Gasteiger partial charge in [-0.1, -0.05) is 24.3 Å². The molecule has 1 unspecified atom stereocenters. The number of rotatable bonds is 14. The number of imidazole rings is 1. The second kappa shape index (κ2) is 16.2. The van der Waals surface area contributed by atoms with Crippen LogP contribution in [-0.2, 0) is 11.3 Å². The number of amides is 1. The molecule has 0 radical (unpaired) electrons. The van der Waals surface area contributed by atoms with E-state index in [2.05, 4.69) is 24.7 Å². The van der Waals surface area contributed by atoms with Crippen molar-refractivity contribution in [3.8, 4) is 11.5 Å². The number of carbonyl (C=O) groups is 1. The third-order valence-electron chi connectivity index (χ3n) is 8.77. The van der Waals surface area contributed by atoms with Crippen LogP contribution < -0.4 is 14.8 Å². The van der Waals surface area contributed by atoms with Crippen molar-refractivity contribution < 1.29 is 49.7 Å². The molecule has 1 aliphatic heterocycles. The minimum Gasteiger partial charge on any atom is -0.497 e. The summed E-state index contributed by atoms with van der Waals surface area (Å²) in [6, 6.07) is 16.6. The first-order valence-corrected chi connectivity index (χ1v) is 16.3. The molecule has 2 heterocycles. The van der Waals surface area contributed by atoms with Crippen molar-refractivity contribution in [2.45, 2.75) is 50.5 Å². The lowest BCUT2D eigenvalue weighted by atomic mass is 9.94. The number of nitrogens with zero attached hydrogens (tertiary/aromatic N) is 4. The van der Waals surface area contributed by atoms with Crippen molar-refractivity contribution in [1.82, 2.24) is 19.4 Å². The number of para-hydroxylation sites is 2. The van der Waals surface area contributed by atoms with Crippen molar-refractivity contribution in [3.63, 3.8) is 0 Å². The van der Waals surface area contributed by atoms with Crippen LogP contribution >= 0.6 is 0 Å². The Balaban J connectivity index is 1.22. The molecule has 4 aromatic rings. The average molecular weight is 726 g/mol. The second-order valence-electron chi connectivity index (χ2n) is 12.3. The summed E-state index contributed by atoms with van der Waals surface area (Å²) < 4.78 is 106. The van der Waals surface area contributed by atoms with Gasteiger partial charge in [-0.3, -0.25) is 9.53 Å². The Hall–Kier alpha value is -4.57. The number of anilines is 1. The maximum absolute atomic E-state index is 13.8. The van der Waals surface area contributed by atoms with E-state index in [-0.39, 0.29) is 36.4 Å². The minimum atomic E-state index is -5.01. The molecule has 0 bridgehead atoms. The van der Waals surface area contributed by atoms with E-state index in [1.165, 1.54) is 43.3 Å². The predicted molar refractivity (Wildman–Crippen MR) is 175 cm³/mol. The van der Waals surface area contributed by atoms with Crippen LogP contribution in [0.2, 0.25) is 0 Å². The molecule has 0 saturated carbocycles. The van der Waals surface area contributed by atoms with Gasteiger partial charge in [-0.2, -0.15) is 0 Å². The zero-order valence-electron chi connectivity index (χ0n) is 27.9. The molecule has 1 N–H and O–H groups in total. The number of nitrogens with one attached hydrogen (secondary N) is 1. The number of benzene rings is 3. The Morgan fingerprint density at radius 1 is 0.980 bits per heavy atom. The van der Waals surface area contributed by atoms with Crippen molar-refractivity contribution in [2.24, 2.45) is 0 Å². The van der Waals surface area contributed by atoms with E-state index in [0.29, 0.717) is 43.0 Å². The molecule has 0 aliphatic carbocycles. The van der Waals surface area contributed by atoms with Gasteiger partial charge in [0.15, 0.2) is 0 Å². The molecule has 51 heavy (non-hydrogen) atoms. The summed E-state index contributed by atoms with van der Waals surface area (Å²) >= 11 is 0. The standard InChI is InChI=1S/C35H38F7N5O4/c1-45(32(48)28-21-27(49-2)11-12-31(28)51-35(40,41)42)22-24(23-7-9-25(36)10-8-23)13-16-46-17-14-26(15-18-46)43-33-44-29-5-3-4-6-30(29)47(33)19-20-50-34(37,38)39/h3-12,21,24,26H,13-20,22H2,1-2H3,(H,43,44). The molecule has 0 spiro atoms. The van der Waals surface area contributed by atoms with Crippen molar-refractivity contribution in [2.75, 3.05) is 52.3 Å². The van der Waals surface area contributed by atoms with E-state index >= 15 is 0 Å². The molecule has 1 atom stereocenters. The zero-order valence-corrected chi connectivity index (χ0v) is 27.9. The van der Waals surface area contributed by atoms with Crippen LogP contribution in [0.5, 0.6) is 11.5 Å². The zero-order chi connectivity index (χ0) is 36.8. The first kappa shape index (κ1) is 37.7. The van der Waals surface area contributed by atoms with Gasteiger partial charge in [-0.05, 0) is 73.8 Å². The van der Waals surface area contributed by atoms with Gasteiger partial charge in [0.05, 0.1) is 30.3 Å². The maximum atomic E-state index is 13.8. The number of hydrogen-bond donors (Lipinski definition) is 1. The molecule has 1 aliphatic rings. The molecule has 3 aromatic carbocycles. The molecule has 5 rings (SSSR count). The van der Waals surface area contributed by atoms with Crippen LogP contribution in [0.25, 0.3) is 11.0 Å². The highest BCUT2D eigenvalue weighted by Crippen LogP contribution is 2.32. The van der Waals surface area contributed by atoms with Gasteiger partial charge >= 0.3 is 12.7 Å². The quantitative estimate of drug-likeness (QED) is 0.135. The first-order chi connectivity index (χ1) is 24.2. The SMILES string of the molecule is COc1ccc(OC(F)(F)F)c(C(=O)N(C)CC(CCN2CCC(Nc3nc4ccccc4n3CCOC(F)(F)F)CC2)c2ccc(F)cc2)c1. The third kappa shape index (κ3) is 10.5. The normalized spacial score (nSPS) is 15.2. The van der Waals surface area contributed by atoms with Crippen LogP contribution in [0.15, 0.2) is 66.7 Å². The van der Waals surface area contributed by atoms with Crippen LogP contribution in [-0.4, -0.2) is 91.0 Å². The predicted octanol–water partition coefficient (Wildman–Crippen LogP) is 7.44. The van der Waals surface area contributed by atoms with Crippen LogP contribution in [0, 0.1) is 5.82 Å². The van der Waals surface area contributed by atoms with Crippen LogP contribution in [0.1, 0.15) is 41.1 Å². The Labute approximate surface area is 289 Å². The topological polar surface area (TPSA) is 81.1 Å². The number of fused-ring (bicyclic) bond motifs is 1. The van der Waals surface area contributed by atoms with Gasteiger partial charge < -0.3 is 29.2 Å². The monoisotopic (exact) mass is 725 g/mol. The molecule has 16 heteroatoms. The number of hydrogen-bond acceptors (Lipinski definition) is 7. The molecule has 1 saturated heterocycles. The Bertz CT molecular complexity index is 1760. The third-order valence-corrected chi connectivity index (χ3v) is 8.77. The largest absolute Gasteiger partial charge is 0.573 e. The van der Waals surface area contributed by atoms with Crippen LogP contribution in [0.3, 0.4) is 0 Å². The number of aromatic nitrogens is 2. The maximum Gasteiger partial charge on any atom is 0.573 e. The summed E-state index contributed by atoms with van der Waals surface area (Å²) in [5, 5.41) is 3.40. The fraction of sp³-hybridized carbons (Fsp3) is 0.429. The summed E-state index contributed by atoms with van der Waals surface area (Å²) in [6.45, 7) is 1.53.